The molecule has 1 saturated heterocycles. The van der Waals surface area contributed by atoms with Gasteiger partial charge in [-0.1, -0.05) is 0 Å². The molecule has 0 aliphatic carbocycles. The average molecular weight is 263 g/mol. The predicted molar refractivity (Wildman–Crippen MR) is 71.4 cm³/mol. The van der Waals surface area contributed by atoms with Gasteiger partial charge in [-0.2, -0.15) is 0 Å². The second-order valence-corrected chi connectivity index (χ2v) is 5.19. The first-order chi connectivity index (χ1) is 9.15. The van der Waals surface area contributed by atoms with Crippen molar-refractivity contribution < 1.29 is 9.66 Å². The van der Waals surface area contributed by atoms with Crippen molar-refractivity contribution >= 4 is 11.4 Å². The van der Waals surface area contributed by atoms with Crippen LogP contribution in [-0.4, -0.2) is 49.2 Å². The maximum atomic E-state index is 10.8. The number of hydrogen-bond acceptors (Lipinski definition) is 5. The minimum atomic E-state index is -0.355. The van der Waals surface area contributed by atoms with E-state index in [1.54, 1.807) is 12.1 Å². The Morgan fingerprint density at radius 2 is 2.26 bits per heavy atom. The van der Waals surface area contributed by atoms with E-state index in [0.717, 1.165) is 30.9 Å². The van der Waals surface area contributed by atoms with Crippen LogP contribution in [0.3, 0.4) is 0 Å². The van der Waals surface area contributed by atoms with Gasteiger partial charge in [0.2, 0.25) is 0 Å². The normalized spacial score (nSPS) is 23.4. The number of nitrogens with zero attached hydrogens (tertiary/aromatic N) is 3. The molecule has 2 heterocycles. The molecule has 0 unspecified atom stereocenters. The van der Waals surface area contributed by atoms with E-state index in [1.165, 1.54) is 0 Å². The number of piperazine rings is 1. The molecule has 1 fully saturated rings. The molecule has 1 aromatic rings. The number of nitro groups is 1. The molecule has 0 radical (unpaired) electrons. The molecular weight excluding hydrogens is 246 g/mol. The van der Waals surface area contributed by atoms with Crippen LogP contribution in [0.15, 0.2) is 18.2 Å². The lowest BCUT2D eigenvalue weighted by atomic mass is 10.1. The Morgan fingerprint density at radius 3 is 3.05 bits per heavy atom. The molecule has 0 bridgehead atoms. The fraction of sp³-hybridized carbons (Fsp3) is 0.538. The first-order valence-corrected chi connectivity index (χ1v) is 6.45. The number of nitro benzene ring substituents is 1. The van der Waals surface area contributed by atoms with Crippen molar-refractivity contribution in [1.82, 2.24) is 4.90 Å². The van der Waals surface area contributed by atoms with Crippen molar-refractivity contribution in [2.45, 2.75) is 12.6 Å². The predicted octanol–water partition coefficient (Wildman–Crippen LogP) is 1.25. The Kier molecular flexibility index (Phi) is 3.12. The number of rotatable bonds is 1. The van der Waals surface area contributed by atoms with Crippen LogP contribution in [0.2, 0.25) is 0 Å². The van der Waals surface area contributed by atoms with Gasteiger partial charge < -0.3 is 14.5 Å². The molecule has 102 valence electrons. The molecule has 0 amide bonds. The van der Waals surface area contributed by atoms with E-state index >= 15 is 0 Å². The highest BCUT2D eigenvalue weighted by atomic mass is 16.6. The van der Waals surface area contributed by atoms with Crippen LogP contribution in [0.4, 0.5) is 11.4 Å². The minimum absolute atomic E-state index is 0.134. The van der Waals surface area contributed by atoms with Gasteiger partial charge in [0, 0.05) is 43.0 Å². The van der Waals surface area contributed by atoms with E-state index in [9.17, 15) is 10.1 Å². The lowest BCUT2D eigenvalue weighted by molar-refractivity contribution is -0.384. The summed E-state index contributed by atoms with van der Waals surface area (Å²) in [7, 11) is 2.11. The number of non-ortho nitro benzene ring substituents is 1. The first kappa shape index (κ1) is 12.4. The Morgan fingerprint density at radius 1 is 1.42 bits per heavy atom. The monoisotopic (exact) mass is 263 g/mol. The summed E-state index contributed by atoms with van der Waals surface area (Å²) in [5.74, 6) is 0. The third-order valence-corrected chi connectivity index (χ3v) is 3.84. The SMILES string of the molecule is CN1CCN2c3ccc([N+](=O)[O-])cc3COC[C@H]2C1. The van der Waals surface area contributed by atoms with Gasteiger partial charge in [-0.15, -0.1) is 0 Å². The Balaban J connectivity index is 1.96. The first-order valence-electron chi connectivity index (χ1n) is 6.45. The smallest absolute Gasteiger partial charge is 0.269 e. The molecule has 6 heteroatoms. The van der Waals surface area contributed by atoms with Crippen LogP contribution in [0.5, 0.6) is 0 Å². The van der Waals surface area contributed by atoms with Gasteiger partial charge in [-0.3, -0.25) is 10.1 Å². The van der Waals surface area contributed by atoms with Crippen LogP contribution < -0.4 is 4.90 Å². The Bertz CT molecular complexity index is 506. The quantitative estimate of drug-likeness (QED) is 0.563. The zero-order valence-corrected chi connectivity index (χ0v) is 10.9. The maximum Gasteiger partial charge on any atom is 0.269 e. The summed E-state index contributed by atoms with van der Waals surface area (Å²) >= 11 is 0. The lowest BCUT2D eigenvalue weighted by Gasteiger charge is -2.40. The molecule has 0 saturated carbocycles. The second kappa shape index (κ2) is 4.79. The van der Waals surface area contributed by atoms with Gasteiger partial charge >= 0.3 is 0 Å². The van der Waals surface area contributed by atoms with Crippen LogP contribution in [0.25, 0.3) is 0 Å². The highest BCUT2D eigenvalue weighted by Crippen LogP contribution is 2.31. The number of benzene rings is 1. The fourth-order valence-corrected chi connectivity index (χ4v) is 2.86. The molecule has 1 aromatic carbocycles. The highest BCUT2D eigenvalue weighted by Gasteiger charge is 2.30. The number of likely N-dealkylation sites (N-methyl/N-ethyl adjacent to an activating group) is 1. The van der Waals surface area contributed by atoms with Gasteiger partial charge in [0.25, 0.3) is 5.69 Å². The third-order valence-electron chi connectivity index (χ3n) is 3.84. The van der Waals surface area contributed by atoms with E-state index in [4.69, 9.17) is 4.74 Å². The highest BCUT2D eigenvalue weighted by molar-refractivity contribution is 5.59. The second-order valence-electron chi connectivity index (χ2n) is 5.19. The molecule has 2 aliphatic heterocycles. The van der Waals surface area contributed by atoms with Crippen LogP contribution in [0, 0.1) is 10.1 Å². The molecule has 3 rings (SSSR count). The lowest BCUT2D eigenvalue weighted by Crippen LogP contribution is -2.53. The van der Waals surface area contributed by atoms with Gasteiger partial charge in [0.1, 0.15) is 0 Å². The van der Waals surface area contributed by atoms with E-state index in [1.807, 2.05) is 6.07 Å². The maximum absolute atomic E-state index is 10.8. The van der Waals surface area contributed by atoms with Crippen molar-refractivity contribution in [2.24, 2.45) is 0 Å². The molecule has 6 nitrogen and oxygen atoms in total. The summed E-state index contributed by atoms with van der Waals surface area (Å²) in [4.78, 5) is 15.1. The molecule has 1 atom stereocenters. The van der Waals surface area contributed by atoms with Gasteiger partial charge in [-0.25, -0.2) is 0 Å². The summed E-state index contributed by atoms with van der Waals surface area (Å²) in [6.45, 7) is 4.04. The van der Waals surface area contributed by atoms with Crippen molar-refractivity contribution in [1.29, 1.82) is 0 Å². The van der Waals surface area contributed by atoms with Crippen molar-refractivity contribution in [2.75, 3.05) is 38.2 Å². The summed E-state index contributed by atoms with van der Waals surface area (Å²) < 4.78 is 5.68. The molecule has 0 N–H and O–H groups in total. The van der Waals surface area contributed by atoms with E-state index in [2.05, 4.69) is 16.8 Å². The van der Waals surface area contributed by atoms with Gasteiger partial charge in [-0.05, 0) is 13.1 Å². The van der Waals surface area contributed by atoms with Crippen molar-refractivity contribution in [3.05, 3.63) is 33.9 Å². The number of hydrogen-bond donors (Lipinski definition) is 0. The molecule has 0 aromatic heterocycles. The largest absolute Gasteiger partial charge is 0.375 e. The van der Waals surface area contributed by atoms with Crippen LogP contribution in [0.1, 0.15) is 5.56 Å². The van der Waals surface area contributed by atoms with Crippen LogP contribution >= 0.6 is 0 Å². The topological polar surface area (TPSA) is 58.9 Å². The zero-order chi connectivity index (χ0) is 13.4. The van der Waals surface area contributed by atoms with Crippen LogP contribution in [-0.2, 0) is 11.3 Å². The fourth-order valence-electron chi connectivity index (χ4n) is 2.86. The van der Waals surface area contributed by atoms with Gasteiger partial charge in [0.15, 0.2) is 0 Å². The Labute approximate surface area is 111 Å². The summed E-state index contributed by atoms with van der Waals surface area (Å²) in [5.41, 5.74) is 2.14. The number of fused-ring (bicyclic) bond motifs is 3. The number of ether oxygens (including phenoxy) is 1. The van der Waals surface area contributed by atoms with E-state index < -0.39 is 0 Å². The summed E-state index contributed by atoms with van der Waals surface area (Å²) in [6.07, 6.45) is 0. The molecule has 2 aliphatic rings. The average Bonchev–Trinajstić information content (AvgIpc) is 2.56. The van der Waals surface area contributed by atoms with Crippen molar-refractivity contribution in [3.8, 4) is 0 Å². The standard InChI is InChI=1S/C13H17N3O3/c1-14-4-5-15-12(7-14)9-19-8-10-6-11(16(17)18)2-3-13(10)15/h2-3,6,12H,4-5,7-9H2,1H3/t12-/m1/s1. The Hall–Kier alpha value is -1.66. The molecule has 19 heavy (non-hydrogen) atoms. The van der Waals surface area contributed by atoms with E-state index in [-0.39, 0.29) is 10.6 Å². The summed E-state index contributed by atoms with van der Waals surface area (Å²) in [5, 5.41) is 10.8. The van der Waals surface area contributed by atoms with E-state index in [0.29, 0.717) is 19.3 Å². The molecule has 0 spiro atoms. The number of anilines is 1. The minimum Gasteiger partial charge on any atom is -0.375 e. The summed E-state index contributed by atoms with van der Waals surface area (Å²) in [6, 6.07) is 5.41. The third kappa shape index (κ3) is 2.29. The van der Waals surface area contributed by atoms with Gasteiger partial charge in [0.05, 0.1) is 24.2 Å². The van der Waals surface area contributed by atoms with Crippen molar-refractivity contribution in [3.63, 3.8) is 0 Å². The zero-order valence-electron chi connectivity index (χ0n) is 10.9. The molecular formula is C13H17N3O3.